The molecule has 0 spiro atoms. The third kappa shape index (κ3) is 7.81. The zero-order chi connectivity index (χ0) is 33.6. The summed E-state index contributed by atoms with van der Waals surface area (Å²) < 4.78 is 12.4. The number of carbonyl (C=O) groups is 3. The quantitative estimate of drug-likeness (QED) is 0.171. The van der Waals surface area contributed by atoms with Crippen molar-refractivity contribution < 1.29 is 29.0 Å². The van der Waals surface area contributed by atoms with Gasteiger partial charge in [-0.25, -0.2) is 0 Å². The lowest BCUT2D eigenvalue weighted by Gasteiger charge is -2.44. The number of methoxy groups -OCH3 is 1. The number of para-hydroxylation sites is 2. The average molecular weight is 694 g/mol. The molecule has 3 aromatic rings. The van der Waals surface area contributed by atoms with Crippen molar-refractivity contribution in [1.82, 2.24) is 0 Å². The number of halogens is 1. The highest BCUT2D eigenvalue weighted by molar-refractivity contribution is 9.10. The van der Waals surface area contributed by atoms with Gasteiger partial charge in [0.05, 0.1) is 29.7 Å². The lowest BCUT2D eigenvalue weighted by molar-refractivity contribution is -0.150. The molecule has 0 aromatic heterocycles. The molecule has 0 radical (unpaired) electrons. The molecule has 1 aliphatic rings. The maximum absolute atomic E-state index is 14.3. The van der Waals surface area contributed by atoms with Crippen molar-refractivity contribution in [2.24, 2.45) is 17.8 Å². The molecule has 246 valence electrons. The monoisotopic (exact) mass is 692 g/mol. The number of anilines is 2. The van der Waals surface area contributed by atoms with Crippen LogP contribution in [0.25, 0.3) is 0 Å². The van der Waals surface area contributed by atoms with Crippen molar-refractivity contribution in [3.63, 3.8) is 0 Å². The van der Waals surface area contributed by atoms with Crippen molar-refractivity contribution in [2.45, 2.75) is 71.8 Å². The van der Waals surface area contributed by atoms with E-state index in [0.29, 0.717) is 58.3 Å². The molecule has 1 fully saturated rings. The van der Waals surface area contributed by atoms with Crippen LogP contribution in [0.5, 0.6) is 11.5 Å². The lowest BCUT2D eigenvalue weighted by Crippen LogP contribution is -2.56. The van der Waals surface area contributed by atoms with Crippen molar-refractivity contribution in [2.75, 3.05) is 24.4 Å². The number of Topliss-reactive ketones (excluding diaryl/α,β-unsaturated/α-hetero) is 1. The summed E-state index contributed by atoms with van der Waals surface area (Å²) in [6, 6.07) is 18.4. The molecule has 4 unspecified atom stereocenters. The lowest BCUT2D eigenvalue weighted by atomic mass is 9.61. The van der Waals surface area contributed by atoms with Crippen LogP contribution in [0.2, 0.25) is 0 Å². The number of carbonyl (C=O) groups excluding carboxylic acids is 3. The normalized spacial score (nSPS) is 21.2. The van der Waals surface area contributed by atoms with Crippen molar-refractivity contribution in [3.05, 3.63) is 81.8 Å². The Labute approximate surface area is 280 Å². The van der Waals surface area contributed by atoms with E-state index in [4.69, 9.17) is 9.47 Å². The highest BCUT2D eigenvalue weighted by Crippen LogP contribution is 2.49. The first kappa shape index (κ1) is 35.2. The van der Waals surface area contributed by atoms with Crippen molar-refractivity contribution in [1.29, 1.82) is 0 Å². The first-order valence-corrected chi connectivity index (χ1v) is 16.7. The van der Waals surface area contributed by atoms with Crippen LogP contribution >= 0.6 is 15.9 Å². The Morgan fingerprint density at radius 1 is 0.978 bits per heavy atom. The summed E-state index contributed by atoms with van der Waals surface area (Å²) in [4.78, 5) is 42.4. The standard InChI is InChI=1S/C37H45BrN2O6/c1-7-23-13-9-11-15-27(23)39-35(42)32-29(41)21-37(5,44)33(36(43)40-28-16-12-10-14-24(28)8-2)31(32)25-19-26(38)34(30(20-25)45-6)46-18-17-22(3)4/h9-16,19-20,22,31-33,44H,7-8,17-18,21H2,1-6H3,(H,39,42)(H,40,43). The van der Waals surface area contributed by atoms with E-state index < -0.39 is 41.0 Å². The molecule has 3 N–H and O–H groups in total. The Hall–Kier alpha value is -3.69. The smallest absolute Gasteiger partial charge is 0.235 e. The first-order valence-electron chi connectivity index (χ1n) is 15.9. The van der Waals surface area contributed by atoms with E-state index in [1.54, 1.807) is 18.2 Å². The number of amides is 2. The van der Waals surface area contributed by atoms with Crippen LogP contribution in [-0.2, 0) is 27.2 Å². The molecule has 0 aliphatic heterocycles. The molecule has 0 bridgehead atoms. The number of rotatable bonds is 12. The van der Waals surface area contributed by atoms with Gasteiger partial charge in [-0.3, -0.25) is 14.4 Å². The molecule has 0 heterocycles. The van der Waals surface area contributed by atoms with E-state index in [1.165, 1.54) is 14.0 Å². The van der Waals surface area contributed by atoms with Gasteiger partial charge in [-0.05, 0) is 89.0 Å². The average Bonchev–Trinajstić information content (AvgIpc) is 3.00. The zero-order valence-corrected chi connectivity index (χ0v) is 29.1. The number of benzene rings is 3. The van der Waals surface area contributed by atoms with E-state index in [1.807, 2.05) is 56.3 Å². The molecule has 4 rings (SSSR count). The second kappa shape index (κ2) is 15.3. The third-order valence-corrected chi connectivity index (χ3v) is 9.31. The van der Waals surface area contributed by atoms with Gasteiger partial charge in [0, 0.05) is 23.7 Å². The topological polar surface area (TPSA) is 114 Å². The van der Waals surface area contributed by atoms with E-state index in [-0.39, 0.29) is 6.42 Å². The molecule has 1 saturated carbocycles. The van der Waals surface area contributed by atoms with Gasteiger partial charge in [0.2, 0.25) is 11.8 Å². The van der Waals surface area contributed by atoms with E-state index in [2.05, 4.69) is 40.4 Å². The second-order valence-corrected chi connectivity index (χ2v) is 13.4. The summed E-state index contributed by atoms with van der Waals surface area (Å²) in [6.45, 7) is 10.2. The van der Waals surface area contributed by atoms with Crippen LogP contribution in [0, 0.1) is 17.8 Å². The summed E-state index contributed by atoms with van der Waals surface area (Å²) in [5.41, 5.74) is 1.80. The predicted molar refractivity (Wildman–Crippen MR) is 185 cm³/mol. The van der Waals surface area contributed by atoms with Crippen LogP contribution in [0.3, 0.4) is 0 Å². The van der Waals surface area contributed by atoms with Crippen LogP contribution in [0.4, 0.5) is 11.4 Å². The van der Waals surface area contributed by atoms with Crippen LogP contribution in [0.15, 0.2) is 65.1 Å². The SMILES string of the molecule is CCc1ccccc1NC(=O)C1C(=O)CC(C)(O)C(C(=O)Nc2ccccc2CC)C1c1cc(Br)c(OCCC(C)C)c(OC)c1. The van der Waals surface area contributed by atoms with Gasteiger partial charge in [-0.15, -0.1) is 0 Å². The molecular weight excluding hydrogens is 648 g/mol. The third-order valence-electron chi connectivity index (χ3n) is 8.72. The Morgan fingerprint density at radius 2 is 1.54 bits per heavy atom. The second-order valence-electron chi connectivity index (χ2n) is 12.5. The van der Waals surface area contributed by atoms with Gasteiger partial charge in [-0.2, -0.15) is 0 Å². The molecule has 1 aliphatic carbocycles. The highest BCUT2D eigenvalue weighted by Gasteiger charge is 2.56. The van der Waals surface area contributed by atoms with Gasteiger partial charge in [0.15, 0.2) is 11.5 Å². The molecule has 2 amide bonds. The van der Waals surface area contributed by atoms with E-state index in [9.17, 15) is 19.5 Å². The van der Waals surface area contributed by atoms with Gasteiger partial charge in [-0.1, -0.05) is 64.1 Å². The van der Waals surface area contributed by atoms with Crippen LogP contribution in [0.1, 0.15) is 70.1 Å². The van der Waals surface area contributed by atoms with Crippen LogP contribution < -0.4 is 20.1 Å². The fraction of sp³-hybridized carbons (Fsp3) is 0.432. The summed E-state index contributed by atoms with van der Waals surface area (Å²) >= 11 is 3.62. The fourth-order valence-corrected chi connectivity index (χ4v) is 6.86. The Kier molecular flexibility index (Phi) is 11.7. The molecule has 9 heteroatoms. The first-order chi connectivity index (χ1) is 21.9. The highest BCUT2D eigenvalue weighted by atomic mass is 79.9. The minimum atomic E-state index is -1.75. The van der Waals surface area contributed by atoms with Crippen LogP contribution in [-0.4, -0.2) is 42.0 Å². The molecule has 8 nitrogen and oxygen atoms in total. The molecule has 0 saturated heterocycles. The van der Waals surface area contributed by atoms with E-state index in [0.717, 1.165) is 17.5 Å². The van der Waals surface area contributed by atoms with Crippen molar-refractivity contribution in [3.8, 4) is 11.5 Å². The predicted octanol–water partition coefficient (Wildman–Crippen LogP) is 7.32. The maximum Gasteiger partial charge on any atom is 0.235 e. The summed E-state index contributed by atoms with van der Waals surface area (Å²) in [7, 11) is 1.51. The minimum Gasteiger partial charge on any atom is -0.493 e. The number of hydrogen-bond donors (Lipinski definition) is 3. The van der Waals surface area contributed by atoms with Crippen molar-refractivity contribution >= 4 is 44.9 Å². The molecular formula is C37H45BrN2O6. The minimum absolute atomic E-state index is 0.362. The summed E-state index contributed by atoms with van der Waals surface area (Å²) in [5, 5.41) is 17.8. The Bertz CT molecular complexity index is 1570. The molecule has 4 atom stereocenters. The van der Waals surface area contributed by atoms with Gasteiger partial charge < -0.3 is 25.2 Å². The van der Waals surface area contributed by atoms with Gasteiger partial charge in [0.1, 0.15) is 11.7 Å². The number of aliphatic hydroxyl groups is 1. The largest absolute Gasteiger partial charge is 0.493 e. The fourth-order valence-electron chi connectivity index (χ4n) is 6.28. The maximum atomic E-state index is 14.3. The molecule has 46 heavy (non-hydrogen) atoms. The summed E-state index contributed by atoms with van der Waals surface area (Å²) in [6.07, 6.45) is 1.83. The number of ether oxygens (including phenoxy) is 2. The number of hydrogen-bond acceptors (Lipinski definition) is 6. The Balaban J connectivity index is 1.85. The van der Waals surface area contributed by atoms with E-state index >= 15 is 0 Å². The Morgan fingerprint density at radius 3 is 2.09 bits per heavy atom. The van der Waals surface area contributed by atoms with Gasteiger partial charge >= 0.3 is 0 Å². The van der Waals surface area contributed by atoms with Gasteiger partial charge in [0.25, 0.3) is 0 Å². The molecule has 3 aromatic carbocycles. The zero-order valence-electron chi connectivity index (χ0n) is 27.5. The summed E-state index contributed by atoms with van der Waals surface area (Å²) in [5.74, 6) is -3.64. The number of nitrogens with one attached hydrogen (secondary N) is 2. The number of ketones is 1. The number of aryl methyl sites for hydroxylation is 2.